The van der Waals surface area contributed by atoms with E-state index in [4.69, 9.17) is 15.2 Å². The van der Waals surface area contributed by atoms with Gasteiger partial charge in [0.2, 0.25) is 0 Å². The molecule has 3 nitrogen and oxygen atoms in total. The maximum Gasteiger partial charge on any atom is 0.161 e. The predicted octanol–water partition coefficient (Wildman–Crippen LogP) is 3.96. The van der Waals surface area contributed by atoms with Crippen LogP contribution in [0, 0.1) is 12.7 Å². The van der Waals surface area contributed by atoms with E-state index >= 15 is 0 Å². The van der Waals surface area contributed by atoms with E-state index in [0.717, 1.165) is 15.6 Å². The van der Waals surface area contributed by atoms with Crippen molar-refractivity contribution in [1.29, 1.82) is 0 Å². The Morgan fingerprint density at radius 2 is 1.67 bits per heavy atom. The average molecular weight is 354 g/mol. The van der Waals surface area contributed by atoms with Crippen molar-refractivity contribution in [2.45, 2.75) is 13.0 Å². The molecule has 0 aliphatic heterocycles. The molecule has 0 spiro atoms. The molecule has 2 N–H and O–H groups in total. The molecule has 0 bridgehead atoms. The van der Waals surface area contributed by atoms with Gasteiger partial charge >= 0.3 is 0 Å². The summed E-state index contributed by atoms with van der Waals surface area (Å²) in [6, 6.07) is 7.95. The summed E-state index contributed by atoms with van der Waals surface area (Å²) in [4.78, 5) is 0. The fourth-order valence-electron chi connectivity index (χ4n) is 2.16. The number of halogens is 2. The third-order valence-corrected chi connectivity index (χ3v) is 4.02. The van der Waals surface area contributed by atoms with E-state index in [1.807, 2.05) is 13.0 Å². The monoisotopic (exact) mass is 353 g/mol. The summed E-state index contributed by atoms with van der Waals surface area (Å²) in [5.41, 5.74) is 8.24. The number of aryl methyl sites for hydroxylation is 1. The molecule has 2 aromatic rings. The first-order chi connectivity index (χ1) is 9.97. The number of methoxy groups -OCH3 is 2. The first-order valence-corrected chi connectivity index (χ1v) is 7.20. The van der Waals surface area contributed by atoms with Gasteiger partial charge < -0.3 is 15.2 Å². The summed E-state index contributed by atoms with van der Waals surface area (Å²) >= 11 is 3.45. The van der Waals surface area contributed by atoms with Crippen LogP contribution in [0.15, 0.2) is 34.8 Å². The zero-order valence-corrected chi connectivity index (χ0v) is 13.7. The summed E-state index contributed by atoms with van der Waals surface area (Å²) in [6.45, 7) is 1.84. The molecule has 112 valence electrons. The van der Waals surface area contributed by atoms with Crippen LogP contribution in [0.3, 0.4) is 0 Å². The van der Waals surface area contributed by atoms with E-state index in [1.165, 1.54) is 6.07 Å². The maximum atomic E-state index is 14.1. The van der Waals surface area contributed by atoms with Gasteiger partial charge in [-0.15, -0.1) is 0 Å². The largest absolute Gasteiger partial charge is 0.493 e. The molecule has 0 saturated heterocycles. The van der Waals surface area contributed by atoms with Crippen LogP contribution >= 0.6 is 15.9 Å². The smallest absolute Gasteiger partial charge is 0.161 e. The second-order valence-corrected chi connectivity index (χ2v) is 5.59. The van der Waals surface area contributed by atoms with Crippen molar-refractivity contribution in [2.75, 3.05) is 14.2 Å². The number of rotatable bonds is 4. The molecule has 0 heterocycles. The first-order valence-electron chi connectivity index (χ1n) is 6.41. The Kier molecular flexibility index (Phi) is 4.85. The number of nitrogens with two attached hydrogens (primary N) is 1. The van der Waals surface area contributed by atoms with Gasteiger partial charge in [-0.05, 0) is 36.2 Å². The van der Waals surface area contributed by atoms with Crippen molar-refractivity contribution >= 4 is 15.9 Å². The Morgan fingerprint density at radius 1 is 1.05 bits per heavy atom. The second-order valence-electron chi connectivity index (χ2n) is 4.73. The highest BCUT2D eigenvalue weighted by Gasteiger charge is 2.19. The predicted molar refractivity (Wildman–Crippen MR) is 84.4 cm³/mol. The van der Waals surface area contributed by atoms with E-state index in [1.54, 1.807) is 32.4 Å². The van der Waals surface area contributed by atoms with Crippen molar-refractivity contribution in [1.82, 2.24) is 0 Å². The molecule has 21 heavy (non-hydrogen) atoms. The van der Waals surface area contributed by atoms with Crippen molar-refractivity contribution in [3.8, 4) is 11.5 Å². The highest BCUT2D eigenvalue weighted by Crippen LogP contribution is 2.37. The van der Waals surface area contributed by atoms with Crippen LogP contribution in [-0.2, 0) is 0 Å². The molecule has 1 atom stereocenters. The zero-order valence-electron chi connectivity index (χ0n) is 12.1. The lowest BCUT2D eigenvalue weighted by Crippen LogP contribution is -2.14. The molecule has 0 aromatic heterocycles. The van der Waals surface area contributed by atoms with Crippen molar-refractivity contribution in [2.24, 2.45) is 5.73 Å². The van der Waals surface area contributed by atoms with Gasteiger partial charge in [-0.25, -0.2) is 4.39 Å². The first kappa shape index (κ1) is 15.8. The van der Waals surface area contributed by atoms with Crippen molar-refractivity contribution in [3.63, 3.8) is 0 Å². The van der Waals surface area contributed by atoms with Crippen LogP contribution in [-0.4, -0.2) is 14.2 Å². The van der Waals surface area contributed by atoms with Crippen LogP contribution in [0.2, 0.25) is 0 Å². The van der Waals surface area contributed by atoms with Crippen LogP contribution in [0.25, 0.3) is 0 Å². The average Bonchev–Trinajstić information content (AvgIpc) is 2.46. The highest BCUT2D eigenvalue weighted by molar-refractivity contribution is 9.10. The Labute approximate surface area is 132 Å². The van der Waals surface area contributed by atoms with Gasteiger partial charge in [-0.2, -0.15) is 0 Å². The van der Waals surface area contributed by atoms with E-state index in [-0.39, 0.29) is 5.82 Å². The molecule has 0 aliphatic rings. The minimum atomic E-state index is -0.597. The number of hydrogen-bond donors (Lipinski definition) is 1. The summed E-state index contributed by atoms with van der Waals surface area (Å²) in [6.07, 6.45) is 0. The Hall–Kier alpha value is -1.59. The summed E-state index contributed by atoms with van der Waals surface area (Å²) in [7, 11) is 3.11. The molecule has 5 heteroatoms. The Morgan fingerprint density at radius 3 is 2.24 bits per heavy atom. The lowest BCUT2D eigenvalue weighted by Gasteiger charge is -2.18. The highest BCUT2D eigenvalue weighted by atomic mass is 79.9. The molecule has 1 unspecified atom stereocenters. The minimum absolute atomic E-state index is 0.316. The fraction of sp³-hybridized carbons (Fsp3) is 0.250. The minimum Gasteiger partial charge on any atom is -0.493 e. The lowest BCUT2D eigenvalue weighted by molar-refractivity contribution is 0.354. The summed E-state index contributed by atoms with van der Waals surface area (Å²) in [5.74, 6) is 0.826. The molecule has 0 saturated carbocycles. The van der Waals surface area contributed by atoms with Gasteiger partial charge in [0.25, 0.3) is 0 Å². The number of ether oxygens (including phenoxy) is 2. The molecular formula is C16H17BrFNO2. The Balaban J connectivity index is 2.50. The van der Waals surface area contributed by atoms with Crippen LogP contribution < -0.4 is 15.2 Å². The van der Waals surface area contributed by atoms with Gasteiger partial charge in [0.1, 0.15) is 5.82 Å². The molecule has 0 aliphatic carbocycles. The van der Waals surface area contributed by atoms with Crippen LogP contribution in [0.5, 0.6) is 11.5 Å². The third kappa shape index (κ3) is 3.19. The van der Waals surface area contributed by atoms with Crippen molar-refractivity contribution < 1.29 is 13.9 Å². The van der Waals surface area contributed by atoms with E-state index in [2.05, 4.69) is 15.9 Å². The van der Waals surface area contributed by atoms with Gasteiger partial charge in [0, 0.05) is 10.0 Å². The fourth-order valence-corrected chi connectivity index (χ4v) is 2.73. The van der Waals surface area contributed by atoms with E-state index in [9.17, 15) is 4.39 Å². The Bertz CT molecular complexity index is 661. The zero-order chi connectivity index (χ0) is 15.6. The molecular weight excluding hydrogens is 337 g/mol. The van der Waals surface area contributed by atoms with E-state index in [0.29, 0.717) is 17.1 Å². The normalized spacial score (nSPS) is 12.1. The SMILES string of the molecule is COc1cc(Br)c(C(N)c2ccc(C)cc2F)cc1OC. The molecule has 2 rings (SSSR count). The van der Waals surface area contributed by atoms with E-state index < -0.39 is 6.04 Å². The second kappa shape index (κ2) is 6.45. The van der Waals surface area contributed by atoms with Crippen LogP contribution in [0.1, 0.15) is 22.7 Å². The summed E-state index contributed by atoms with van der Waals surface area (Å²) < 4.78 is 25.3. The lowest BCUT2D eigenvalue weighted by atomic mass is 9.97. The van der Waals surface area contributed by atoms with Crippen LogP contribution in [0.4, 0.5) is 4.39 Å². The molecule has 0 amide bonds. The topological polar surface area (TPSA) is 44.5 Å². The maximum absolute atomic E-state index is 14.1. The molecule has 0 radical (unpaired) electrons. The van der Waals surface area contributed by atoms with Crippen molar-refractivity contribution in [3.05, 3.63) is 57.3 Å². The quantitative estimate of drug-likeness (QED) is 0.904. The summed E-state index contributed by atoms with van der Waals surface area (Å²) in [5, 5.41) is 0. The standard InChI is InChI=1S/C16H17BrFNO2/c1-9-4-5-10(13(18)6-9)16(19)11-7-14(20-2)15(21-3)8-12(11)17/h4-8,16H,19H2,1-3H3. The van der Waals surface area contributed by atoms with Gasteiger partial charge in [-0.3, -0.25) is 0 Å². The molecule has 0 fully saturated rings. The number of benzene rings is 2. The third-order valence-electron chi connectivity index (χ3n) is 3.33. The number of hydrogen-bond acceptors (Lipinski definition) is 3. The van der Waals surface area contributed by atoms with Gasteiger partial charge in [0.05, 0.1) is 20.3 Å². The van der Waals surface area contributed by atoms with Gasteiger partial charge in [-0.1, -0.05) is 28.1 Å². The van der Waals surface area contributed by atoms with Gasteiger partial charge in [0.15, 0.2) is 11.5 Å². The molecule has 2 aromatic carbocycles.